The summed E-state index contributed by atoms with van der Waals surface area (Å²) in [5.74, 6) is 1.10. The molecule has 0 atom stereocenters. The molecule has 0 saturated heterocycles. The zero-order valence-electron chi connectivity index (χ0n) is 14.0. The summed E-state index contributed by atoms with van der Waals surface area (Å²) in [6.07, 6.45) is 0.961. The first-order valence-corrected chi connectivity index (χ1v) is 9.57. The van der Waals surface area contributed by atoms with Gasteiger partial charge < -0.3 is 14.8 Å². The minimum absolute atomic E-state index is 0.0566. The predicted molar refractivity (Wildman–Crippen MR) is 102 cm³/mol. The van der Waals surface area contributed by atoms with Crippen LogP contribution in [0.25, 0.3) is 10.2 Å². The van der Waals surface area contributed by atoms with Gasteiger partial charge in [-0.3, -0.25) is 4.79 Å². The van der Waals surface area contributed by atoms with Crippen molar-refractivity contribution in [1.29, 1.82) is 0 Å². The molecule has 0 radical (unpaired) electrons. The molecule has 0 bridgehead atoms. The van der Waals surface area contributed by atoms with Crippen LogP contribution in [0.4, 0.5) is 0 Å². The number of hydrogen-bond acceptors (Lipinski definition) is 5. The first kappa shape index (κ1) is 17.1. The number of para-hydroxylation sites is 1. The maximum atomic E-state index is 12.2. The Labute approximate surface area is 159 Å². The Hall–Kier alpha value is -2.31. The van der Waals surface area contributed by atoms with Gasteiger partial charge in [-0.05, 0) is 29.8 Å². The maximum absolute atomic E-state index is 12.2. The highest BCUT2D eigenvalue weighted by Gasteiger charge is 2.17. The van der Waals surface area contributed by atoms with Gasteiger partial charge in [0, 0.05) is 13.0 Å². The predicted octanol–water partition coefficient (Wildman–Crippen LogP) is 3.62. The van der Waals surface area contributed by atoms with E-state index in [-0.39, 0.29) is 12.3 Å². The third-order valence-corrected chi connectivity index (χ3v) is 5.40. The van der Waals surface area contributed by atoms with Gasteiger partial charge in [0.1, 0.15) is 13.2 Å². The number of fused-ring (bicyclic) bond motifs is 2. The molecule has 0 spiro atoms. The molecule has 0 fully saturated rings. The van der Waals surface area contributed by atoms with Crippen LogP contribution in [0.15, 0.2) is 36.4 Å². The monoisotopic (exact) mass is 388 g/mol. The number of nitrogens with zero attached hydrogens (tertiary/aromatic N) is 1. The minimum Gasteiger partial charge on any atom is -0.486 e. The molecule has 4 rings (SSSR count). The summed E-state index contributed by atoms with van der Waals surface area (Å²) in [5.41, 5.74) is 1.81. The Morgan fingerprint density at radius 1 is 1.23 bits per heavy atom. The number of nitrogens with one attached hydrogen (secondary N) is 1. The number of carbonyl (C=O) groups excluding carboxylic acids is 1. The van der Waals surface area contributed by atoms with Gasteiger partial charge in [0.05, 0.1) is 26.7 Å². The molecular weight excluding hydrogens is 372 g/mol. The number of thiazole rings is 1. The second kappa shape index (κ2) is 7.51. The molecule has 2 aromatic carbocycles. The molecule has 1 N–H and O–H groups in total. The van der Waals surface area contributed by atoms with E-state index in [9.17, 15) is 4.79 Å². The third kappa shape index (κ3) is 3.76. The van der Waals surface area contributed by atoms with E-state index in [0.717, 1.165) is 16.1 Å². The van der Waals surface area contributed by atoms with Crippen molar-refractivity contribution in [3.63, 3.8) is 0 Å². The number of amides is 1. The van der Waals surface area contributed by atoms with Gasteiger partial charge in [-0.2, -0.15) is 0 Å². The smallest absolute Gasteiger partial charge is 0.224 e. The minimum atomic E-state index is -0.0566. The Morgan fingerprint density at radius 3 is 2.96 bits per heavy atom. The molecule has 0 aliphatic carbocycles. The molecule has 1 amide bonds. The highest BCUT2D eigenvalue weighted by Crippen LogP contribution is 2.38. The summed E-state index contributed by atoms with van der Waals surface area (Å²) in [5, 5.41) is 4.43. The number of aromatic nitrogens is 1. The molecule has 134 valence electrons. The van der Waals surface area contributed by atoms with Gasteiger partial charge in [-0.15, -0.1) is 11.3 Å². The highest BCUT2D eigenvalue weighted by molar-refractivity contribution is 7.18. The summed E-state index contributed by atoms with van der Waals surface area (Å²) < 4.78 is 12.2. The van der Waals surface area contributed by atoms with E-state index in [2.05, 4.69) is 16.4 Å². The molecule has 1 aromatic heterocycles. The molecular formula is C19H17ClN2O3S. The van der Waals surface area contributed by atoms with Gasteiger partial charge in [0.2, 0.25) is 5.91 Å². The maximum Gasteiger partial charge on any atom is 0.224 e. The fourth-order valence-corrected chi connectivity index (χ4v) is 4.10. The summed E-state index contributed by atoms with van der Waals surface area (Å²) in [6, 6.07) is 11.6. The lowest BCUT2D eigenvalue weighted by Gasteiger charge is -2.20. The Bertz CT molecular complexity index is 924. The molecule has 7 heteroatoms. The van der Waals surface area contributed by atoms with E-state index in [1.165, 1.54) is 4.70 Å². The average Bonchev–Trinajstić information content (AvgIpc) is 3.04. The lowest BCUT2D eigenvalue weighted by molar-refractivity contribution is -0.120. The topological polar surface area (TPSA) is 60.5 Å². The van der Waals surface area contributed by atoms with Crippen molar-refractivity contribution in [1.82, 2.24) is 10.3 Å². The van der Waals surface area contributed by atoms with E-state index in [0.29, 0.717) is 42.7 Å². The van der Waals surface area contributed by atoms with Crippen molar-refractivity contribution in [2.24, 2.45) is 0 Å². The quantitative estimate of drug-likeness (QED) is 0.725. The van der Waals surface area contributed by atoms with Gasteiger partial charge in [-0.1, -0.05) is 23.7 Å². The van der Waals surface area contributed by atoms with Crippen molar-refractivity contribution in [2.45, 2.75) is 12.8 Å². The van der Waals surface area contributed by atoms with Crippen LogP contribution in [-0.2, 0) is 17.6 Å². The largest absolute Gasteiger partial charge is 0.486 e. The number of carbonyl (C=O) groups is 1. The first-order chi connectivity index (χ1) is 12.7. The number of halogens is 1. The fraction of sp³-hybridized carbons (Fsp3) is 0.263. The standard InChI is InChI=1S/C19H17ClN2O3S/c20-13-9-12(10-15-19(13)25-8-7-24-15)11-17(23)21-6-5-18-22-14-3-1-2-4-16(14)26-18/h1-4,9-10H,5-8,11H2,(H,21,23). The summed E-state index contributed by atoms with van der Waals surface area (Å²) in [4.78, 5) is 16.8. The van der Waals surface area contributed by atoms with Crippen LogP contribution in [0.3, 0.4) is 0 Å². The average molecular weight is 389 g/mol. The van der Waals surface area contributed by atoms with Gasteiger partial charge >= 0.3 is 0 Å². The highest BCUT2D eigenvalue weighted by atomic mass is 35.5. The SMILES string of the molecule is O=C(Cc1cc(Cl)c2c(c1)OCCO2)NCCc1nc2ccccc2s1. The third-order valence-electron chi connectivity index (χ3n) is 4.02. The van der Waals surface area contributed by atoms with Crippen LogP contribution >= 0.6 is 22.9 Å². The second-order valence-electron chi connectivity index (χ2n) is 5.95. The normalized spacial score (nSPS) is 13.0. The van der Waals surface area contributed by atoms with Crippen molar-refractivity contribution >= 4 is 39.1 Å². The Morgan fingerprint density at radius 2 is 2.08 bits per heavy atom. The summed E-state index contributed by atoms with van der Waals surface area (Å²) >= 11 is 7.87. The van der Waals surface area contributed by atoms with Crippen molar-refractivity contribution in [2.75, 3.05) is 19.8 Å². The van der Waals surface area contributed by atoms with E-state index < -0.39 is 0 Å². The zero-order chi connectivity index (χ0) is 17.9. The lowest BCUT2D eigenvalue weighted by Crippen LogP contribution is -2.27. The molecule has 5 nitrogen and oxygen atoms in total. The van der Waals surface area contributed by atoms with E-state index in [1.54, 1.807) is 17.4 Å². The molecule has 0 saturated carbocycles. The van der Waals surface area contributed by atoms with Gasteiger partial charge in [0.25, 0.3) is 0 Å². The van der Waals surface area contributed by atoms with Gasteiger partial charge in [0.15, 0.2) is 11.5 Å². The van der Waals surface area contributed by atoms with Crippen LogP contribution < -0.4 is 14.8 Å². The number of benzene rings is 2. The van der Waals surface area contributed by atoms with Crippen molar-refractivity contribution in [3.8, 4) is 11.5 Å². The van der Waals surface area contributed by atoms with E-state index in [4.69, 9.17) is 21.1 Å². The molecule has 2 heterocycles. The van der Waals surface area contributed by atoms with Crippen LogP contribution in [0, 0.1) is 0 Å². The fourth-order valence-electron chi connectivity index (χ4n) is 2.85. The van der Waals surface area contributed by atoms with E-state index >= 15 is 0 Å². The van der Waals surface area contributed by atoms with Crippen LogP contribution in [0.5, 0.6) is 11.5 Å². The number of ether oxygens (including phenoxy) is 2. The first-order valence-electron chi connectivity index (χ1n) is 8.38. The van der Waals surface area contributed by atoms with E-state index in [1.807, 2.05) is 24.3 Å². The second-order valence-corrected chi connectivity index (χ2v) is 7.48. The van der Waals surface area contributed by atoms with Crippen LogP contribution in [0.1, 0.15) is 10.6 Å². The van der Waals surface area contributed by atoms with Crippen LogP contribution in [-0.4, -0.2) is 30.6 Å². The molecule has 26 heavy (non-hydrogen) atoms. The van der Waals surface area contributed by atoms with Crippen molar-refractivity contribution < 1.29 is 14.3 Å². The Kier molecular flexibility index (Phi) is 4.95. The zero-order valence-corrected chi connectivity index (χ0v) is 15.5. The molecule has 3 aromatic rings. The Balaban J connectivity index is 1.33. The summed E-state index contributed by atoms with van der Waals surface area (Å²) in [7, 11) is 0. The summed E-state index contributed by atoms with van der Waals surface area (Å²) in [6.45, 7) is 1.52. The van der Waals surface area contributed by atoms with Crippen LogP contribution in [0.2, 0.25) is 5.02 Å². The van der Waals surface area contributed by atoms with Crippen molar-refractivity contribution in [3.05, 3.63) is 52.0 Å². The number of hydrogen-bond donors (Lipinski definition) is 1. The molecule has 0 unspecified atom stereocenters. The molecule has 1 aliphatic rings. The lowest BCUT2D eigenvalue weighted by atomic mass is 10.1. The molecule has 1 aliphatic heterocycles. The van der Waals surface area contributed by atoms with Gasteiger partial charge in [-0.25, -0.2) is 4.98 Å². The number of rotatable bonds is 5.